The summed E-state index contributed by atoms with van der Waals surface area (Å²) < 4.78 is 5.56. The second-order valence-corrected chi connectivity index (χ2v) is 5.68. The zero-order valence-electron chi connectivity index (χ0n) is 10.0. The van der Waals surface area contributed by atoms with E-state index in [1.807, 2.05) is 0 Å². The molecule has 0 aliphatic heterocycles. The molecule has 1 saturated carbocycles. The van der Waals surface area contributed by atoms with Gasteiger partial charge in [-0.2, -0.15) is 0 Å². The van der Waals surface area contributed by atoms with Gasteiger partial charge < -0.3 is 9.73 Å². The van der Waals surface area contributed by atoms with Crippen LogP contribution in [0.2, 0.25) is 0 Å². The first-order chi connectivity index (χ1) is 8.16. The molecule has 3 nitrogen and oxygen atoms in total. The minimum atomic E-state index is -0.0520. The van der Waals surface area contributed by atoms with Crippen molar-refractivity contribution in [3.8, 4) is 0 Å². The molecule has 0 bridgehead atoms. The van der Waals surface area contributed by atoms with Crippen molar-refractivity contribution < 1.29 is 9.21 Å². The molecule has 94 valence electrons. The zero-order chi connectivity index (χ0) is 12.3. The Bertz CT molecular complexity index is 389. The van der Waals surface area contributed by atoms with E-state index < -0.39 is 0 Å². The molecule has 1 aromatic rings. The van der Waals surface area contributed by atoms with Gasteiger partial charge >= 0.3 is 0 Å². The van der Waals surface area contributed by atoms with Gasteiger partial charge in [0.15, 0.2) is 4.67 Å². The third-order valence-corrected chi connectivity index (χ3v) is 4.07. The molecule has 0 spiro atoms. The van der Waals surface area contributed by atoms with Gasteiger partial charge in [-0.15, -0.1) is 0 Å². The van der Waals surface area contributed by atoms with Gasteiger partial charge in [-0.25, -0.2) is 0 Å². The highest BCUT2D eigenvalue weighted by Crippen LogP contribution is 2.28. The Morgan fingerprint density at radius 2 is 2.41 bits per heavy atom. The van der Waals surface area contributed by atoms with Crippen molar-refractivity contribution in [2.45, 2.75) is 32.6 Å². The third kappa shape index (κ3) is 3.35. The molecule has 0 saturated heterocycles. The Morgan fingerprint density at radius 3 is 3.06 bits per heavy atom. The van der Waals surface area contributed by atoms with Gasteiger partial charge in [0.05, 0.1) is 11.8 Å². The van der Waals surface area contributed by atoms with Crippen LogP contribution in [0.15, 0.2) is 21.4 Å². The molecular formula is C13H18BrNO2. The number of halogens is 1. The fourth-order valence-corrected chi connectivity index (χ4v) is 2.95. The first-order valence-electron chi connectivity index (χ1n) is 6.18. The fourth-order valence-electron chi connectivity index (χ4n) is 2.53. The molecule has 1 fully saturated rings. The zero-order valence-corrected chi connectivity index (χ0v) is 11.6. The summed E-state index contributed by atoms with van der Waals surface area (Å²) in [6.45, 7) is 3.07. The summed E-state index contributed by atoms with van der Waals surface area (Å²) in [6.07, 6.45) is 6.60. The predicted octanol–water partition coefficient (Wildman–Crippen LogP) is 3.60. The van der Waals surface area contributed by atoms with Crippen LogP contribution in [-0.4, -0.2) is 12.5 Å². The van der Waals surface area contributed by atoms with Crippen molar-refractivity contribution in [2.24, 2.45) is 11.8 Å². The Balaban J connectivity index is 1.82. The van der Waals surface area contributed by atoms with Gasteiger partial charge in [-0.3, -0.25) is 4.79 Å². The summed E-state index contributed by atoms with van der Waals surface area (Å²) in [6, 6.07) is 1.68. The highest BCUT2D eigenvalue weighted by molar-refractivity contribution is 9.10. The van der Waals surface area contributed by atoms with E-state index in [2.05, 4.69) is 28.2 Å². The predicted molar refractivity (Wildman–Crippen MR) is 69.9 cm³/mol. The lowest BCUT2D eigenvalue weighted by molar-refractivity contribution is 0.0939. The number of rotatable bonds is 3. The quantitative estimate of drug-likeness (QED) is 0.926. The molecule has 1 amide bonds. The Kier molecular flexibility index (Phi) is 4.26. The van der Waals surface area contributed by atoms with Crippen molar-refractivity contribution in [2.75, 3.05) is 6.54 Å². The van der Waals surface area contributed by atoms with Crippen LogP contribution >= 0.6 is 15.9 Å². The first-order valence-corrected chi connectivity index (χ1v) is 6.97. The van der Waals surface area contributed by atoms with E-state index in [1.165, 1.54) is 31.9 Å². The number of amides is 1. The topological polar surface area (TPSA) is 42.2 Å². The van der Waals surface area contributed by atoms with Gasteiger partial charge in [-0.1, -0.05) is 19.8 Å². The van der Waals surface area contributed by atoms with Crippen LogP contribution in [0.3, 0.4) is 0 Å². The van der Waals surface area contributed by atoms with Gasteiger partial charge in [0, 0.05) is 6.54 Å². The average Bonchev–Trinajstić information content (AvgIpc) is 2.72. The summed E-state index contributed by atoms with van der Waals surface area (Å²) >= 11 is 3.21. The van der Waals surface area contributed by atoms with Crippen LogP contribution in [0, 0.1) is 11.8 Å². The lowest BCUT2D eigenvalue weighted by Gasteiger charge is -2.26. The van der Waals surface area contributed by atoms with Crippen molar-refractivity contribution in [3.05, 3.63) is 22.6 Å². The van der Waals surface area contributed by atoms with Gasteiger partial charge in [0.25, 0.3) is 5.91 Å². The second-order valence-electron chi connectivity index (χ2n) is 4.96. The van der Waals surface area contributed by atoms with Crippen LogP contribution in [0.25, 0.3) is 0 Å². The van der Waals surface area contributed by atoms with Gasteiger partial charge in [-0.05, 0) is 46.7 Å². The van der Waals surface area contributed by atoms with E-state index in [-0.39, 0.29) is 5.91 Å². The summed E-state index contributed by atoms with van der Waals surface area (Å²) in [5.41, 5.74) is 0.578. The Labute approximate surface area is 110 Å². The Hall–Kier alpha value is -0.770. The van der Waals surface area contributed by atoms with Crippen LogP contribution < -0.4 is 5.32 Å². The van der Waals surface area contributed by atoms with Gasteiger partial charge in [0.2, 0.25) is 0 Å². The number of carbonyl (C=O) groups is 1. The van der Waals surface area contributed by atoms with E-state index >= 15 is 0 Å². The second kappa shape index (κ2) is 5.71. The molecule has 1 aliphatic carbocycles. The summed E-state index contributed by atoms with van der Waals surface area (Å²) in [4.78, 5) is 11.8. The summed E-state index contributed by atoms with van der Waals surface area (Å²) in [5.74, 6) is 1.38. The van der Waals surface area contributed by atoms with Crippen LogP contribution in [0.4, 0.5) is 0 Å². The largest absolute Gasteiger partial charge is 0.457 e. The number of carbonyl (C=O) groups excluding carboxylic acids is 1. The molecule has 4 heteroatoms. The molecule has 1 heterocycles. The Morgan fingerprint density at radius 1 is 1.59 bits per heavy atom. The van der Waals surface area contributed by atoms with Crippen molar-refractivity contribution >= 4 is 21.8 Å². The fraction of sp³-hybridized carbons (Fsp3) is 0.615. The molecule has 1 aromatic heterocycles. The summed E-state index contributed by atoms with van der Waals surface area (Å²) in [7, 11) is 0. The minimum absolute atomic E-state index is 0.0520. The smallest absolute Gasteiger partial charge is 0.255 e. The van der Waals surface area contributed by atoms with E-state index in [0.717, 1.165) is 12.5 Å². The SMILES string of the molecule is CC1CCCC(CNC(=O)c2ccoc2Br)C1. The number of hydrogen-bond donors (Lipinski definition) is 1. The summed E-state index contributed by atoms with van der Waals surface area (Å²) in [5, 5.41) is 2.99. The van der Waals surface area contributed by atoms with E-state index in [1.54, 1.807) is 6.07 Å². The maximum Gasteiger partial charge on any atom is 0.255 e. The molecule has 17 heavy (non-hydrogen) atoms. The van der Waals surface area contributed by atoms with Crippen molar-refractivity contribution in [1.82, 2.24) is 5.32 Å². The van der Waals surface area contributed by atoms with E-state index in [9.17, 15) is 4.79 Å². The minimum Gasteiger partial charge on any atom is -0.457 e. The van der Waals surface area contributed by atoms with E-state index in [4.69, 9.17) is 4.42 Å². The van der Waals surface area contributed by atoms with Crippen molar-refractivity contribution in [1.29, 1.82) is 0 Å². The molecule has 0 radical (unpaired) electrons. The monoisotopic (exact) mass is 299 g/mol. The lowest BCUT2D eigenvalue weighted by Crippen LogP contribution is -2.31. The number of furan rings is 1. The molecule has 0 aromatic carbocycles. The normalized spacial score (nSPS) is 24.6. The van der Waals surface area contributed by atoms with Gasteiger partial charge in [0.1, 0.15) is 0 Å². The molecule has 2 rings (SSSR count). The number of hydrogen-bond acceptors (Lipinski definition) is 2. The molecule has 2 atom stereocenters. The highest BCUT2D eigenvalue weighted by atomic mass is 79.9. The molecular weight excluding hydrogens is 282 g/mol. The van der Waals surface area contributed by atoms with Crippen LogP contribution in [-0.2, 0) is 0 Å². The van der Waals surface area contributed by atoms with Crippen molar-refractivity contribution in [3.63, 3.8) is 0 Å². The number of nitrogens with one attached hydrogen (secondary N) is 1. The van der Waals surface area contributed by atoms with Crippen LogP contribution in [0.1, 0.15) is 43.0 Å². The highest BCUT2D eigenvalue weighted by Gasteiger charge is 2.20. The molecule has 1 N–H and O–H groups in total. The van der Waals surface area contributed by atoms with Crippen LogP contribution in [0.5, 0.6) is 0 Å². The van der Waals surface area contributed by atoms with E-state index in [0.29, 0.717) is 16.2 Å². The molecule has 1 aliphatic rings. The maximum absolute atomic E-state index is 11.8. The standard InChI is InChI=1S/C13H18BrNO2/c1-9-3-2-4-10(7-9)8-15-13(16)11-5-6-17-12(11)14/h5-6,9-10H,2-4,7-8H2,1H3,(H,15,16). The third-order valence-electron chi connectivity index (χ3n) is 3.46. The first kappa shape index (κ1) is 12.7. The molecule has 2 unspecified atom stereocenters. The lowest BCUT2D eigenvalue weighted by atomic mass is 9.82. The maximum atomic E-state index is 11.8. The average molecular weight is 300 g/mol.